The lowest BCUT2D eigenvalue weighted by molar-refractivity contribution is -0.251. The highest BCUT2D eigenvalue weighted by Gasteiger charge is 2.71. The van der Waals surface area contributed by atoms with Crippen LogP contribution in [0.5, 0.6) is 0 Å². The quantitative estimate of drug-likeness (QED) is 0.0945. The molecule has 5 rings (SSSR count). The topological polar surface area (TPSA) is 46.5 Å². The molecule has 49 heavy (non-hydrogen) atoms. The average molecular weight is 681 g/mol. The first-order chi connectivity index (χ1) is 23.3. The molecule has 0 aliphatic heterocycles. The third-order valence-corrected chi connectivity index (χ3v) is 17.3. The van der Waals surface area contributed by atoms with E-state index in [9.17, 15) is 9.90 Å². The maximum Gasteiger partial charge on any atom is 0.306 e. The number of rotatable bonds is 17. The van der Waals surface area contributed by atoms with Gasteiger partial charge in [-0.25, -0.2) is 0 Å². The molecule has 0 aromatic carbocycles. The van der Waals surface area contributed by atoms with Gasteiger partial charge in [-0.1, -0.05) is 131 Å². The zero-order chi connectivity index (χ0) is 35.5. The second-order valence-corrected chi connectivity index (χ2v) is 20.0. The van der Waals surface area contributed by atoms with Crippen molar-refractivity contribution in [2.75, 3.05) is 6.61 Å². The Bertz CT molecular complexity index is 1110. The van der Waals surface area contributed by atoms with Crippen LogP contribution in [0.3, 0.4) is 0 Å². The van der Waals surface area contributed by atoms with Gasteiger partial charge in [0.1, 0.15) is 6.10 Å². The van der Waals surface area contributed by atoms with Gasteiger partial charge in [-0.2, -0.15) is 0 Å². The smallest absolute Gasteiger partial charge is 0.306 e. The van der Waals surface area contributed by atoms with E-state index in [0.717, 1.165) is 19.3 Å². The van der Waals surface area contributed by atoms with Gasteiger partial charge >= 0.3 is 5.97 Å². The van der Waals surface area contributed by atoms with Gasteiger partial charge in [-0.15, -0.1) is 0 Å². The first-order valence-corrected chi connectivity index (χ1v) is 21.8. The molecule has 0 aromatic rings. The van der Waals surface area contributed by atoms with Crippen LogP contribution < -0.4 is 0 Å². The summed E-state index contributed by atoms with van der Waals surface area (Å²) >= 11 is 0. The Balaban J connectivity index is 1.12. The molecular weight excluding hydrogens is 601 g/mol. The molecule has 0 amide bonds. The third-order valence-electron chi connectivity index (χ3n) is 17.3. The molecule has 0 aromatic heterocycles. The Hall–Kier alpha value is -0.830. The van der Waals surface area contributed by atoms with E-state index in [1.807, 2.05) is 0 Å². The fourth-order valence-corrected chi connectivity index (χ4v) is 14.2. The van der Waals surface area contributed by atoms with Gasteiger partial charge in [0.05, 0.1) is 0 Å². The monoisotopic (exact) mass is 681 g/mol. The molecule has 0 heterocycles. The van der Waals surface area contributed by atoms with Crippen molar-refractivity contribution in [3.63, 3.8) is 0 Å². The van der Waals surface area contributed by atoms with Gasteiger partial charge in [0.2, 0.25) is 0 Å². The SMILES string of the molecule is C=C(C)C1CC[C@]2(CO)CC[C@]3(C)C(CCC4[C@@]5(C)CCC(OC(=O)CCCCCCCCCCCCCCC)C(C)(C)C5CC[C@]43C)C12. The number of hydrogen-bond acceptors (Lipinski definition) is 3. The summed E-state index contributed by atoms with van der Waals surface area (Å²) in [5.41, 5.74) is 2.40. The van der Waals surface area contributed by atoms with Crippen molar-refractivity contribution >= 4 is 5.97 Å². The zero-order valence-electron chi connectivity index (χ0n) is 33.6. The van der Waals surface area contributed by atoms with Crippen LogP contribution in [0.4, 0.5) is 0 Å². The van der Waals surface area contributed by atoms with Crippen molar-refractivity contribution in [1.29, 1.82) is 0 Å². The third kappa shape index (κ3) is 7.38. The fraction of sp³-hybridized carbons (Fsp3) is 0.935. The van der Waals surface area contributed by atoms with E-state index in [1.54, 1.807) is 0 Å². The number of aliphatic hydroxyl groups excluding tert-OH is 1. The van der Waals surface area contributed by atoms with Crippen molar-refractivity contribution in [3.8, 4) is 0 Å². The van der Waals surface area contributed by atoms with Crippen LogP contribution in [0.1, 0.15) is 203 Å². The molecule has 1 N–H and O–H groups in total. The molecule has 0 radical (unpaired) electrons. The van der Waals surface area contributed by atoms with E-state index >= 15 is 0 Å². The van der Waals surface area contributed by atoms with E-state index in [4.69, 9.17) is 4.74 Å². The standard InChI is InChI=1S/C46H80O3/c1-9-10-11-12-13-14-15-16-17-18-19-20-21-22-40(48)49-39-27-28-43(6)37(42(39,4)5)26-29-45(8)38(43)24-23-36-41-35(34(2)3)25-30-46(41,33-47)32-31-44(36,45)7/h35-39,41,47H,2,9-33H2,1,3-8H3/t35?,36?,37?,38?,39?,41?,43-,44+,45+,46+/m0/s1. The van der Waals surface area contributed by atoms with E-state index in [0.29, 0.717) is 53.4 Å². The van der Waals surface area contributed by atoms with Crippen molar-refractivity contribution < 1.29 is 14.6 Å². The van der Waals surface area contributed by atoms with Crippen LogP contribution in [0.25, 0.3) is 0 Å². The van der Waals surface area contributed by atoms with E-state index in [2.05, 4.69) is 55.0 Å². The lowest BCUT2D eigenvalue weighted by Gasteiger charge is -2.73. The molecule has 5 aliphatic rings. The second-order valence-electron chi connectivity index (χ2n) is 20.0. The van der Waals surface area contributed by atoms with Crippen LogP contribution in [0.15, 0.2) is 12.2 Å². The molecule has 0 bridgehead atoms. The van der Waals surface area contributed by atoms with Crippen LogP contribution in [0.2, 0.25) is 0 Å². The maximum atomic E-state index is 13.2. The molecule has 5 fully saturated rings. The maximum absolute atomic E-state index is 13.2. The van der Waals surface area contributed by atoms with Gasteiger partial charge in [-0.05, 0) is 129 Å². The van der Waals surface area contributed by atoms with Crippen molar-refractivity contribution in [1.82, 2.24) is 0 Å². The van der Waals surface area contributed by atoms with Crippen molar-refractivity contribution in [2.45, 2.75) is 209 Å². The van der Waals surface area contributed by atoms with E-state index in [1.165, 1.54) is 134 Å². The number of hydrogen-bond donors (Lipinski definition) is 1. The molecule has 5 aliphatic carbocycles. The minimum atomic E-state index is 0.00680. The van der Waals surface area contributed by atoms with Crippen molar-refractivity contribution in [3.05, 3.63) is 12.2 Å². The number of unbranched alkanes of at least 4 members (excludes halogenated alkanes) is 12. The van der Waals surface area contributed by atoms with Crippen LogP contribution in [-0.2, 0) is 9.53 Å². The van der Waals surface area contributed by atoms with Gasteiger partial charge in [0.25, 0.3) is 0 Å². The summed E-state index contributed by atoms with van der Waals surface area (Å²) in [6, 6.07) is 0. The van der Waals surface area contributed by atoms with Gasteiger partial charge < -0.3 is 9.84 Å². The molecule has 10 atom stereocenters. The largest absolute Gasteiger partial charge is 0.462 e. The Morgan fingerprint density at radius 1 is 0.694 bits per heavy atom. The highest BCUT2D eigenvalue weighted by Crippen LogP contribution is 2.77. The molecule has 3 nitrogen and oxygen atoms in total. The highest BCUT2D eigenvalue weighted by molar-refractivity contribution is 5.69. The zero-order valence-corrected chi connectivity index (χ0v) is 33.6. The second kappa shape index (κ2) is 16.0. The Morgan fingerprint density at radius 2 is 1.31 bits per heavy atom. The van der Waals surface area contributed by atoms with Crippen LogP contribution in [-0.4, -0.2) is 23.8 Å². The first kappa shape index (κ1) is 39.4. The van der Waals surface area contributed by atoms with Gasteiger partial charge in [0.15, 0.2) is 0 Å². The van der Waals surface area contributed by atoms with E-state index in [-0.39, 0.29) is 28.3 Å². The summed E-state index contributed by atoms with van der Waals surface area (Å²) in [4.78, 5) is 13.2. The van der Waals surface area contributed by atoms with Gasteiger partial charge in [-0.3, -0.25) is 4.79 Å². The summed E-state index contributed by atoms with van der Waals surface area (Å²) in [5, 5.41) is 10.8. The molecular formula is C46H80O3. The number of carbonyl (C=O) groups is 1. The number of fused-ring (bicyclic) bond motifs is 7. The number of carbonyl (C=O) groups excluding carboxylic acids is 1. The normalized spacial score (nSPS) is 40.9. The fourth-order valence-electron chi connectivity index (χ4n) is 14.2. The number of ether oxygens (including phenoxy) is 1. The summed E-state index contributed by atoms with van der Waals surface area (Å²) in [6.07, 6.45) is 30.2. The highest BCUT2D eigenvalue weighted by atomic mass is 16.5. The van der Waals surface area contributed by atoms with Crippen LogP contribution in [0, 0.1) is 56.7 Å². The summed E-state index contributed by atoms with van der Waals surface area (Å²) < 4.78 is 6.41. The summed E-state index contributed by atoms with van der Waals surface area (Å²) in [5.74, 6) is 3.22. The van der Waals surface area contributed by atoms with E-state index < -0.39 is 0 Å². The predicted molar refractivity (Wildman–Crippen MR) is 206 cm³/mol. The molecule has 0 spiro atoms. The van der Waals surface area contributed by atoms with Gasteiger partial charge in [0, 0.05) is 18.4 Å². The van der Waals surface area contributed by atoms with Crippen LogP contribution >= 0.6 is 0 Å². The summed E-state index contributed by atoms with van der Waals surface area (Å²) in [7, 11) is 0. The number of esters is 1. The minimum absolute atomic E-state index is 0.00680. The average Bonchev–Trinajstić information content (AvgIpc) is 3.45. The molecule has 282 valence electrons. The summed E-state index contributed by atoms with van der Waals surface area (Å²) in [6.45, 7) is 22.3. The number of aliphatic hydroxyl groups is 1. The number of allylic oxidation sites excluding steroid dienone is 1. The predicted octanol–water partition coefficient (Wildman–Crippen LogP) is 13.0. The Morgan fingerprint density at radius 3 is 1.90 bits per heavy atom. The minimum Gasteiger partial charge on any atom is -0.462 e. The molecule has 6 unspecified atom stereocenters. The molecule has 3 heteroatoms. The van der Waals surface area contributed by atoms with Crippen molar-refractivity contribution in [2.24, 2.45) is 56.7 Å². The molecule has 5 saturated carbocycles. The lowest BCUT2D eigenvalue weighted by Crippen LogP contribution is -2.67. The Kier molecular flexibility index (Phi) is 12.9. The Labute approximate surface area is 304 Å². The molecule has 0 saturated heterocycles. The first-order valence-electron chi connectivity index (χ1n) is 21.8. The lowest BCUT2D eigenvalue weighted by atomic mass is 9.32.